The molecule has 1 nitrogen and oxygen atoms in total. The third-order valence-corrected chi connectivity index (χ3v) is 4.41. The molecule has 0 spiro atoms. The Hall–Kier alpha value is -1.96. The lowest BCUT2D eigenvalue weighted by Gasteiger charge is -2.41. The summed E-state index contributed by atoms with van der Waals surface area (Å²) < 4.78 is 13.5. The molecule has 0 amide bonds. The van der Waals surface area contributed by atoms with E-state index >= 15 is 0 Å². The molecule has 0 saturated heterocycles. The highest BCUT2D eigenvalue weighted by molar-refractivity contribution is 6.05. The highest BCUT2D eigenvalue weighted by Gasteiger charge is 2.45. The van der Waals surface area contributed by atoms with Gasteiger partial charge in [0.2, 0.25) is 0 Å². The van der Waals surface area contributed by atoms with Crippen molar-refractivity contribution >= 4 is 5.78 Å². The largest absolute Gasteiger partial charge is 0.293 e. The second kappa shape index (κ2) is 4.86. The summed E-state index contributed by atoms with van der Waals surface area (Å²) in [7, 11) is 0. The summed E-state index contributed by atoms with van der Waals surface area (Å²) in [6.07, 6.45) is 2.76. The zero-order chi connectivity index (χ0) is 14.2. The van der Waals surface area contributed by atoms with Crippen LogP contribution in [0, 0.1) is 12.7 Å². The molecule has 1 aliphatic carbocycles. The standard InChI is InChI=1S/C18H17FO/c1-13-8-9-15(19)12-16(13)17(20)18(10-5-11-18)14-6-3-2-4-7-14/h2-4,6-9,12H,5,10-11H2,1H3. The second-order valence-corrected chi connectivity index (χ2v) is 5.59. The van der Waals surface area contributed by atoms with E-state index < -0.39 is 5.41 Å². The van der Waals surface area contributed by atoms with Crippen LogP contribution in [-0.4, -0.2) is 5.78 Å². The van der Waals surface area contributed by atoms with E-state index in [0.717, 1.165) is 30.4 Å². The first-order chi connectivity index (χ1) is 9.63. The van der Waals surface area contributed by atoms with Crippen molar-refractivity contribution in [1.82, 2.24) is 0 Å². The summed E-state index contributed by atoms with van der Waals surface area (Å²) in [4.78, 5) is 13.0. The van der Waals surface area contributed by atoms with E-state index in [1.165, 1.54) is 12.1 Å². The van der Waals surface area contributed by atoms with Gasteiger partial charge >= 0.3 is 0 Å². The molecule has 102 valence electrons. The minimum Gasteiger partial charge on any atom is -0.293 e. The normalized spacial score (nSPS) is 16.5. The molecule has 1 saturated carbocycles. The number of hydrogen-bond acceptors (Lipinski definition) is 1. The van der Waals surface area contributed by atoms with E-state index in [4.69, 9.17) is 0 Å². The number of hydrogen-bond donors (Lipinski definition) is 0. The van der Waals surface area contributed by atoms with Crippen molar-refractivity contribution in [2.24, 2.45) is 0 Å². The zero-order valence-electron chi connectivity index (χ0n) is 11.5. The van der Waals surface area contributed by atoms with Crippen molar-refractivity contribution in [3.63, 3.8) is 0 Å². The molecule has 1 fully saturated rings. The molecule has 20 heavy (non-hydrogen) atoms. The van der Waals surface area contributed by atoms with Gasteiger partial charge in [0.05, 0.1) is 5.41 Å². The van der Waals surface area contributed by atoms with Gasteiger partial charge in [-0.2, -0.15) is 0 Å². The van der Waals surface area contributed by atoms with Crippen LogP contribution in [0.3, 0.4) is 0 Å². The first kappa shape index (κ1) is 13.0. The van der Waals surface area contributed by atoms with Gasteiger partial charge in [0.15, 0.2) is 5.78 Å². The van der Waals surface area contributed by atoms with Gasteiger partial charge in [0.1, 0.15) is 5.82 Å². The van der Waals surface area contributed by atoms with Crippen LogP contribution in [-0.2, 0) is 5.41 Å². The molecule has 2 heteroatoms. The fraction of sp³-hybridized carbons (Fsp3) is 0.278. The molecular weight excluding hydrogens is 251 g/mol. The third kappa shape index (κ3) is 1.96. The monoisotopic (exact) mass is 268 g/mol. The van der Waals surface area contributed by atoms with Crippen LogP contribution in [0.2, 0.25) is 0 Å². The van der Waals surface area contributed by atoms with Gasteiger partial charge < -0.3 is 0 Å². The van der Waals surface area contributed by atoms with Crippen molar-refractivity contribution in [3.05, 3.63) is 71.0 Å². The molecule has 3 rings (SSSR count). The van der Waals surface area contributed by atoms with Crippen LogP contribution < -0.4 is 0 Å². The Morgan fingerprint density at radius 2 is 1.80 bits per heavy atom. The molecule has 0 aromatic heterocycles. The quantitative estimate of drug-likeness (QED) is 0.752. The average Bonchev–Trinajstić information content (AvgIpc) is 2.41. The number of benzene rings is 2. The lowest BCUT2D eigenvalue weighted by Crippen LogP contribution is -2.42. The summed E-state index contributed by atoms with van der Waals surface area (Å²) >= 11 is 0. The van der Waals surface area contributed by atoms with Gasteiger partial charge in [0.25, 0.3) is 0 Å². The fourth-order valence-corrected chi connectivity index (χ4v) is 3.03. The van der Waals surface area contributed by atoms with Gasteiger partial charge in [-0.1, -0.05) is 42.8 Å². The van der Waals surface area contributed by atoms with Gasteiger partial charge in [-0.25, -0.2) is 4.39 Å². The smallest absolute Gasteiger partial charge is 0.173 e. The number of ketones is 1. The molecule has 1 aliphatic rings. The number of carbonyl (C=O) groups is 1. The highest BCUT2D eigenvalue weighted by Crippen LogP contribution is 2.46. The van der Waals surface area contributed by atoms with Crippen molar-refractivity contribution in [2.75, 3.05) is 0 Å². The predicted molar refractivity (Wildman–Crippen MR) is 77.4 cm³/mol. The minimum absolute atomic E-state index is 0.0620. The van der Waals surface area contributed by atoms with Crippen LogP contribution in [0.4, 0.5) is 4.39 Å². The van der Waals surface area contributed by atoms with E-state index in [0.29, 0.717) is 5.56 Å². The Morgan fingerprint density at radius 1 is 1.10 bits per heavy atom. The summed E-state index contributed by atoms with van der Waals surface area (Å²) in [5.74, 6) is -0.284. The Bertz CT molecular complexity index is 642. The predicted octanol–water partition coefficient (Wildman–Crippen LogP) is 4.44. The molecule has 0 bridgehead atoms. The molecule has 2 aromatic rings. The average molecular weight is 268 g/mol. The molecule has 0 unspecified atom stereocenters. The van der Waals surface area contributed by atoms with Gasteiger partial charge in [-0.3, -0.25) is 4.79 Å². The molecule has 0 aliphatic heterocycles. The van der Waals surface area contributed by atoms with Crippen molar-refractivity contribution in [2.45, 2.75) is 31.6 Å². The maximum Gasteiger partial charge on any atom is 0.173 e. The first-order valence-electron chi connectivity index (χ1n) is 7.00. The van der Waals surface area contributed by atoms with Gasteiger partial charge in [-0.15, -0.1) is 0 Å². The molecule has 0 N–H and O–H groups in total. The Morgan fingerprint density at radius 3 is 2.40 bits per heavy atom. The topological polar surface area (TPSA) is 17.1 Å². The number of Topliss-reactive ketones (excluding diaryl/α,β-unsaturated/α-hetero) is 1. The molecule has 2 aromatic carbocycles. The fourth-order valence-electron chi connectivity index (χ4n) is 3.03. The van der Waals surface area contributed by atoms with E-state index in [-0.39, 0.29) is 11.6 Å². The van der Waals surface area contributed by atoms with Crippen LogP contribution in [0.25, 0.3) is 0 Å². The summed E-state index contributed by atoms with van der Waals surface area (Å²) in [6, 6.07) is 14.3. The van der Waals surface area contributed by atoms with Crippen LogP contribution in [0.5, 0.6) is 0 Å². The lowest BCUT2D eigenvalue weighted by molar-refractivity contribution is 0.0787. The van der Waals surface area contributed by atoms with Crippen LogP contribution in [0.1, 0.15) is 40.7 Å². The van der Waals surface area contributed by atoms with Crippen LogP contribution in [0.15, 0.2) is 48.5 Å². The Kier molecular flexibility index (Phi) is 3.17. The maximum absolute atomic E-state index is 13.5. The van der Waals surface area contributed by atoms with E-state index in [9.17, 15) is 9.18 Å². The number of rotatable bonds is 3. The lowest BCUT2D eigenvalue weighted by atomic mass is 9.60. The number of aryl methyl sites for hydroxylation is 1. The van der Waals surface area contributed by atoms with Crippen molar-refractivity contribution < 1.29 is 9.18 Å². The van der Waals surface area contributed by atoms with E-state index in [1.807, 2.05) is 37.3 Å². The maximum atomic E-state index is 13.5. The SMILES string of the molecule is Cc1ccc(F)cc1C(=O)C1(c2ccccc2)CCC1. The van der Waals surface area contributed by atoms with Gasteiger partial charge in [-0.05, 0) is 43.0 Å². The molecule has 0 radical (unpaired) electrons. The summed E-state index contributed by atoms with van der Waals surface area (Å²) in [5, 5.41) is 0. The first-order valence-corrected chi connectivity index (χ1v) is 7.00. The highest BCUT2D eigenvalue weighted by atomic mass is 19.1. The number of halogens is 1. The summed E-state index contributed by atoms with van der Waals surface area (Å²) in [6.45, 7) is 1.87. The zero-order valence-corrected chi connectivity index (χ0v) is 11.5. The molecule has 0 atom stereocenters. The minimum atomic E-state index is -0.445. The summed E-state index contributed by atoms with van der Waals surface area (Å²) in [5.41, 5.74) is 1.98. The van der Waals surface area contributed by atoms with E-state index in [1.54, 1.807) is 6.07 Å². The van der Waals surface area contributed by atoms with Gasteiger partial charge in [0, 0.05) is 5.56 Å². The molecule has 0 heterocycles. The Labute approximate surface area is 118 Å². The second-order valence-electron chi connectivity index (χ2n) is 5.59. The van der Waals surface area contributed by atoms with Crippen LogP contribution >= 0.6 is 0 Å². The molecular formula is C18H17FO. The number of carbonyl (C=O) groups excluding carboxylic acids is 1. The Balaban J connectivity index is 2.06. The van der Waals surface area contributed by atoms with Crippen molar-refractivity contribution in [1.29, 1.82) is 0 Å². The third-order valence-electron chi connectivity index (χ3n) is 4.41. The van der Waals surface area contributed by atoms with Crippen molar-refractivity contribution in [3.8, 4) is 0 Å². The van der Waals surface area contributed by atoms with E-state index in [2.05, 4.69) is 0 Å².